The Kier molecular flexibility index (Phi) is 6.29. The number of phenolic OH excluding ortho intramolecular Hbond substituents is 1. The van der Waals surface area contributed by atoms with E-state index >= 15 is 0 Å². The van der Waals surface area contributed by atoms with E-state index in [-0.39, 0.29) is 12.4 Å². The molecule has 1 N–H and O–H groups in total. The topological polar surface area (TPSA) is 23.5 Å². The molecule has 1 aliphatic heterocycles. The van der Waals surface area contributed by atoms with Crippen LogP contribution in [0.1, 0.15) is 36.4 Å². The molecule has 2 nitrogen and oxygen atoms in total. The maximum absolute atomic E-state index is 9.52. The van der Waals surface area contributed by atoms with Crippen LogP contribution in [0.15, 0.2) is 54.6 Å². The van der Waals surface area contributed by atoms with Gasteiger partial charge in [0.05, 0.1) is 0 Å². The van der Waals surface area contributed by atoms with Crippen molar-refractivity contribution >= 4 is 12.4 Å². The van der Waals surface area contributed by atoms with Crippen LogP contribution in [0.25, 0.3) is 0 Å². The van der Waals surface area contributed by atoms with Crippen LogP contribution in [-0.2, 0) is 6.42 Å². The summed E-state index contributed by atoms with van der Waals surface area (Å²) in [6.07, 6.45) is 4.97. The van der Waals surface area contributed by atoms with E-state index in [2.05, 4.69) is 47.4 Å². The Morgan fingerprint density at radius 3 is 2.14 bits per heavy atom. The second kappa shape index (κ2) is 8.21. The van der Waals surface area contributed by atoms with Crippen molar-refractivity contribution in [2.45, 2.75) is 31.7 Å². The highest BCUT2D eigenvalue weighted by atomic mass is 35.5. The van der Waals surface area contributed by atoms with Crippen LogP contribution in [0.3, 0.4) is 0 Å². The Labute approximate surface area is 139 Å². The van der Waals surface area contributed by atoms with Crippen LogP contribution in [0, 0.1) is 0 Å². The molecule has 22 heavy (non-hydrogen) atoms. The van der Waals surface area contributed by atoms with Crippen LogP contribution in [0.4, 0.5) is 0 Å². The van der Waals surface area contributed by atoms with Gasteiger partial charge in [-0.2, -0.15) is 0 Å². The van der Waals surface area contributed by atoms with Gasteiger partial charge >= 0.3 is 0 Å². The molecule has 0 amide bonds. The van der Waals surface area contributed by atoms with Crippen molar-refractivity contribution in [3.05, 3.63) is 65.7 Å². The maximum atomic E-state index is 9.52. The van der Waals surface area contributed by atoms with E-state index in [1.165, 1.54) is 43.5 Å². The minimum absolute atomic E-state index is 0. The quantitative estimate of drug-likeness (QED) is 0.892. The third-order valence-electron chi connectivity index (χ3n) is 4.38. The van der Waals surface area contributed by atoms with Gasteiger partial charge in [0.2, 0.25) is 0 Å². The molecule has 1 saturated heterocycles. The van der Waals surface area contributed by atoms with Crippen molar-refractivity contribution in [3.63, 3.8) is 0 Å². The first-order valence-corrected chi connectivity index (χ1v) is 7.90. The van der Waals surface area contributed by atoms with Crippen molar-refractivity contribution in [2.24, 2.45) is 0 Å². The van der Waals surface area contributed by atoms with Gasteiger partial charge in [-0.25, -0.2) is 0 Å². The highest BCUT2D eigenvalue weighted by molar-refractivity contribution is 5.85. The fourth-order valence-corrected chi connectivity index (χ4v) is 3.22. The summed E-state index contributed by atoms with van der Waals surface area (Å²) in [6, 6.07) is 18.9. The minimum Gasteiger partial charge on any atom is -0.508 e. The Morgan fingerprint density at radius 1 is 0.864 bits per heavy atom. The van der Waals surface area contributed by atoms with Crippen molar-refractivity contribution in [1.82, 2.24) is 4.90 Å². The summed E-state index contributed by atoms with van der Waals surface area (Å²) >= 11 is 0. The fraction of sp³-hybridized carbons (Fsp3) is 0.368. The van der Waals surface area contributed by atoms with Crippen LogP contribution in [0.5, 0.6) is 5.75 Å². The van der Waals surface area contributed by atoms with Gasteiger partial charge in [0.15, 0.2) is 0 Å². The van der Waals surface area contributed by atoms with Gasteiger partial charge in [-0.15, -0.1) is 12.4 Å². The predicted octanol–water partition coefficient (Wildman–Crippen LogP) is 4.58. The first kappa shape index (κ1) is 16.9. The summed E-state index contributed by atoms with van der Waals surface area (Å²) in [6.45, 7) is 2.36. The predicted molar refractivity (Wildman–Crippen MR) is 93.7 cm³/mol. The number of phenols is 1. The highest BCUT2D eigenvalue weighted by Crippen LogP contribution is 2.29. The van der Waals surface area contributed by atoms with E-state index in [0.717, 1.165) is 6.42 Å². The number of aromatic hydroxyl groups is 1. The van der Waals surface area contributed by atoms with Crippen molar-refractivity contribution in [3.8, 4) is 5.75 Å². The number of hydrogen-bond acceptors (Lipinski definition) is 2. The largest absolute Gasteiger partial charge is 0.508 e. The molecular formula is C19H24ClNO. The Balaban J connectivity index is 0.00000176. The number of likely N-dealkylation sites (tertiary alicyclic amines) is 1. The SMILES string of the molecule is Cl.Oc1ccc(C(Cc2ccccc2)N2CCCCC2)cc1. The minimum atomic E-state index is 0. The monoisotopic (exact) mass is 317 g/mol. The molecule has 2 aromatic carbocycles. The lowest BCUT2D eigenvalue weighted by Crippen LogP contribution is -2.34. The summed E-state index contributed by atoms with van der Waals surface area (Å²) in [5.41, 5.74) is 2.68. The lowest BCUT2D eigenvalue weighted by molar-refractivity contribution is 0.162. The smallest absolute Gasteiger partial charge is 0.115 e. The summed E-state index contributed by atoms with van der Waals surface area (Å²) in [4.78, 5) is 2.60. The van der Waals surface area contributed by atoms with E-state index in [1.54, 1.807) is 12.1 Å². The van der Waals surface area contributed by atoms with E-state index < -0.39 is 0 Å². The number of hydrogen-bond donors (Lipinski definition) is 1. The zero-order valence-electron chi connectivity index (χ0n) is 12.8. The zero-order chi connectivity index (χ0) is 14.5. The normalized spacial score (nSPS) is 16.7. The average molecular weight is 318 g/mol. The molecule has 3 heteroatoms. The molecular weight excluding hydrogens is 294 g/mol. The van der Waals surface area contributed by atoms with E-state index in [9.17, 15) is 5.11 Å². The third kappa shape index (κ3) is 4.25. The first-order chi connectivity index (χ1) is 10.3. The Hall–Kier alpha value is -1.51. The number of halogens is 1. The highest BCUT2D eigenvalue weighted by Gasteiger charge is 2.22. The average Bonchev–Trinajstić information content (AvgIpc) is 2.55. The van der Waals surface area contributed by atoms with Gasteiger partial charge in [0.25, 0.3) is 0 Å². The molecule has 0 spiro atoms. The molecule has 1 fully saturated rings. The van der Waals surface area contributed by atoms with Gasteiger partial charge in [-0.1, -0.05) is 48.9 Å². The van der Waals surface area contributed by atoms with Crippen molar-refractivity contribution in [1.29, 1.82) is 0 Å². The molecule has 1 unspecified atom stereocenters. The lowest BCUT2D eigenvalue weighted by atomic mass is 9.95. The van der Waals surface area contributed by atoms with Gasteiger partial charge in [-0.3, -0.25) is 4.90 Å². The Bertz CT molecular complexity index is 549. The lowest BCUT2D eigenvalue weighted by Gasteiger charge is -2.35. The standard InChI is InChI=1S/C19H23NO.ClH/c21-18-11-9-17(10-12-18)19(20-13-5-2-6-14-20)15-16-7-3-1-4-8-16;/h1,3-4,7-12,19,21H,2,5-6,13-15H2;1H. The molecule has 1 heterocycles. The number of nitrogens with zero attached hydrogens (tertiary/aromatic N) is 1. The van der Waals surface area contributed by atoms with E-state index in [4.69, 9.17) is 0 Å². The van der Waals surface area contributed by atoms with Gasteiger partial charge < -0.3 is 5.11 Å². The summed E-state index contributed by atoms with van der Waals surface area (Å²) in [7, 11) is 0. The van der Waals surface area contributed by atoms with Crippen LogP contribution >= 0.6 is 12.4 Å². The second-order valence-electron chi connectivity index (χ2n) is 5.89. The van der Waals surface area contributed by atoms with Gasteiger partial charge in [-0.05, 0) is 55.6 Å². The molecule has 0 radical (unpaired) electrons. The van der Waals surface area contributed by atoms with Crippen molar-refractivity contribution < 1.29 is 5.11 Å². The van der Waals surface area contributed by atoms with Crippen molar-refractivity contribution in [2.75, 3.05) is 13.1 Å². The number of piperidine rings is 1. The van der Waals surface area contributed by atoms with Gasteiger partial charge in [0.1, 0.15) is 5.75 Å². The molecule has 0 aromatic heterocycles. The molecule has 0 bridgehead atoms. The number of benzene rings is 2. The first-order valence-electron chi connectivity index (χ1n) is 7.90. The molecule has 0 saturated carbocycles. The van der Waals surface area contributed by atoms with Crippen LogP contribution < -0.4 is 0 Å². The molecule has 2 aromatic rings. The third-order valence-corrected chi connectivity index (χ3v) is 4.38. The summed E-state index contributed by atoms with van der Waals surface area (Å²) < 4.78 is 0. The molecule has 1 atom stereocenters. The maximum Gasteiger partial charge on any atom is 0.115 e. The molecule has 118 valence electrons. The number of rotatable bonds is 4. The molecule has 1 aliphatic rings. The van der Waals surface area contributed by atoms with Crippen LogP contribution in [-0.4, -0.2) is 23.1 Å². The van der Waals surface area contributed by atoms with E-state index in [1.807, 2.05) is 0 Å². The summed E-state index contributed by atoms with van der Waals surface area (Å²) in [5.74, 6) is 0.343. The van der Waals surface area contributed by atoms with Crippen LogP contribution in [0.2, 0.25) is 0 Å². The molecule has 0 aliphatic carbocycles. The Morgan fingerprint density at radius 2 is 1.50 bits per heavy atom. The fourth-order valence-electron chi connectivity index (χ4n) is 3.22. The molecule has 3 rings (SSSR count). The summed E-state index contributed by atoms with van der Waals surface area (Å²) in [5, 5.41) is 9.52. The zero-order valence-corrected chi connectivity index (χ0v) is 13.6. The van der Waals surface area contributed by atoms with E-state index in [0.29, 0.717) is 11.8 Å². The second-order valence-corrected chi connectivity index (χ2v) is 5.89. The van der Waals surface area contributed by atoms with Gasteiger partial charge in [0, 0.05) is 6.04 Å².